The van der Waals surface area contributed by atoms with Crippen LogP contribution < -0.4 is 0 Å². The Bertz CT molecular complexity index is 915. The molecule has 0 aliphatic carbocycles. The van der Waals surface area contributed by atoms with Crippen LogP contribution in [0.5, 0.6) is 0 Å². The molecule has 2 unspecified atom stereocenters. The fourth-order valence-corrected chi connectivity index (χ4v) is 4.87. The number of imidazole rings is 1. The van der Waals surface area contributed by atoms with Crippen molar-refractivity contribution in [1.82, 2.24) is 9.55 Å². The maximum absolute atomic E-state index is 6.53. The second-order valence-electron chi connectivity index (χ2n) is 7.82. The fraction of sp³-hybridized carbons (Fsp3) is 0.375. The van der Waals surface area contributed by atoms with Crippen LogP contribution in [0.2, 0.25) is 0 Å². The van der Waals surface area contributed by atoms with Gasteiger partial charge in [-0.15, -0.1) is 0 Å². The van der Waals surface area contributed by atoms with Gasteiger partial charge in [0.1, 0.15) is 0 Å². The molecule has 1 aliphatic heterocycles. The maximum Gasteiger partial charge on any atom is 0.187 e. The Labute approximate surface area is 191 Å². The van der Waals surface area contributed by atoms with Crippen LogP contribution in [-0.4, -0.2) is 33.8 Å². The largest absolute Gasteiger partial charge is 0.345 e. The van der Waals surface area contributed by atoms with Gasteiger partial charge < -0.3 is 14.0 Å². The lowest BCUT2D eigenvalue weighted by Crippen LogP contribution is -2.37. The van der Waals surface area contributed by atoms with E-state index in [1.54, 1.807) is 6.20 Å². The Morgan fingerprint density at radius 1 is 1.13 bits per heavy atom. The molecule has 0 spiro atoms. The molecular weight excluding hydrogens is 460 g/mol. The van der Waals surface area contributed by atoms with E-state index in [1.807, 2.05) is 28.9 Å². The first-order chi connectivity index (χ1) is 14.6. The van der Waals surface area contributed by atoms with Crippen molar-refractivity contribution in [2.75, 3.05) is 12.4 Å². The summed E-state index contributed by atoms with van der Waals surface area (Å²) in [7, 11) is 0. The van der Waals surface area contributed by atoms with Crippen molar-refractivity contribution in [3.63, 3.8) is 0 Å². The highest BCUT2D eigenvalue weighted by Gasteiger charge is 2.41. The highest BCUT2D eigenvalue weighted by molar-refractivity contribution is 9.10. The third kappa shape index (κ3) is 5.97. The minimum absolute atomic E-state index is 0.104. The molecule has 1 aliphatic rings. The first kappa shape index (κ1) is 21.6. The minimum Gasteiger partial charge on any atom is -0.345 e. The van der Waals surface area contributed by atoms with E-state index in [9.17, 15) is 0 Å². The zero-order valence-corrected chi connectivity index (χ0v) is 19.6. The van der Waals surface area contributed by atoms with E-state index in [2.05, 4.69) is 76.4 Å². The van der Waals surface area contributed by atoms with Gasteiger partial charge in [0.05, 0.1) is 25.6 Å². The van der Waals surface area contributed by atoms with Crippen LogP contribution in [0.4, 0.5) is 0 Å². The number of halogens is 1. The molecule has 1 fully saturated rings. The third-order valence-electron chi connectivity index (χ3n) is 5.30. The molecule has 4 nitrogen and oxygen atoms in total. The molecule has 2 heterocycles. The average molecular weight is 487 g/mol. The van der Waals surface area contributed by atoms with Crippen molar-refractivity contribution in [3.8, 4) is 0 Å². The van der Waals surface area contributed by atoms with E-state index in [0.717, 1.165) is 28.8 Å². The van der Waals surface area contributed by atoms with E-state index in [4.69, 9.17) is 9.47 Å². The molecule has 6 heteroatoms. The van der Waals surface area contributed by atoms with Crippen LogP contribution in [-0.2, 0) is 28.2 Å². The van der Waals surface area contributed by atoms with Crippen LogP contribution in [0, 0.1) is 6.92 Å². The highest BCUT2D eigenvalue weighted by atomic mass is 79.9. The predicted molar refractivity (Wildman–Crippen MR) is 126 cm³/mol. The summed E-state index contributed by atoms with van der Waals surface area (Å²) in [6, 6.07) is 17.2. The van der Waals surface area contributed by atoms with Crippen LogP contribution >= 0.6 is 27.7 Å². The monoisotopic (exact) mass is 486 g/mol. The summed E-state index contributed by atoms with van der Waals surface area (Å²) >= 11 is 5.38. The standard InChI is InChI=1S/C24H27BrN2O2S/c1-19-2-4-20(5-3-19)10-11-24(17-27-13-12-26-18-27)28-14-23(29-24)16-30-15-21-6-8-22(25)9-7-21/h2-9,12-13,18,23H,10-11,14-17H2,1H3. The molecule has 158 valence electrons. The van der Waals surface area contributed by atoms with Crippen molar-refractivity contribution in [1.29, 1.82) is 0 Å². The molecule has 4 rings (SSSR count). The van der Waals surface area contributed by atoms with Gasteiger partial charge >= 0.3 is 0 Å². The first-order valence-corrected chi connectivity index (χ1v) is 12.2. The van der Waals surface area contributed by atoms with Crippen LogP contribution in [0.15, 0.2) is 71.7 Å². The number of rotatable bonds is 9. The van der Waals surface area contributed by atoms with E-state index in [-0.39, 0.29) is 6.10 Å². The minimum atomic E-state index is -0.603. The average Bonchev–Trinajstić information content (AvgIpc) is 3.40. The molecule has 0 bridgehead atoms. The van der Waals surface area contributed by atoms with E-state index in [1.165, 1.54) is 16.7 Å². The zero-order valence-electron chi connectivity index (χ0n) is 17.2. The molecular formula is C24H27BrN2O2S. The number of hydrogen-bond donors (Lipinski definition) is 0. The molecule has 0 radical (unpaired) electrons. The van der Waals surface area contributed by atoms with Crippen LogP contribution in [0.1, 0.15) is 23.1 Å². The smallest absolute Gasteiger partial charge is 0.187 e. The maximum atomic E-state index is 6.53. The molecule has 2 aromatic carbocycles. The Balaban J connectivity index is 1.35. The van der Waals surface area contributed by atoms with Crippen molar-refractivity contribution < 1.29 is 9.47 Å². The second kappa shape index (κ2) is 10.1. The Morgan fingerprint density at radius 3 is 2.63 bits per heavy atom. The summed E-state index contributed by atoms with van der Waals surface area (Å²) in [5.41, 5.74) is 3.92. The molecule has 0 N–H and O–H groups in total. The van der Waals surface area contributed by atoms with E-state index in [0.29, 0.717) is 13.2 Å². The van der Waals surface area contributed by atoms with Crippen molar-refractivity contribution >= 4 is 27.7 Å². The second-order valence-corrected chi connectivity index (χ2v) is 9.77. The van der Waals surface area contributed by atoms with E-state index < -0.39 is 5.79 Å². The summed E-state index contributed by atoms with van der Waals surface area (Å²) in [5, 5.41) is 0. The molecule has 1 saturated heterocycles. The molecule has 1 aromatic heterocycles. The van der Waals surface area contributed by atoms with Crippen LogP contribution in [0.3, 0.4) is 0 Å². The van der Waals surface area contributed by atoms with Gasteiger partial charge in [-0.1, -0.05) is 57.9 Å². The van der Waals surface area contributed by atoms with E-state index >= 15 is 0 Å². The molecule has 2 atom stereocenters. The van der Waals surface area contributed by atoms with Crippen molar-refractivity contribution in [3.05, 3.63) is 88.4 Å². The van der Waals surface area contributed by atoms with Gasteiger partial charge in [-0.2, -0.15) is 11.8 Å². The van der Waals surface area contributed by atoms with Gasteiger partial charge in [-0.3, -0.25) is 0 Å². The van der Waals surface area contributed by atoms with Crippen molar-refractivity contribution in [2.24, 2.45) is 0 Å². The Kier molecular flexibility index (Phi) is 7.31. The number of aryl methyl sites for hydroxylation is 2. The zero-order chi connectivity index (χ0) is 20.8. The lowest BCUT2D eigenvalue weighted by atomic mass is 10.0. The molecule has 30 heavy (non-hydrogen) atoms. The highest BCUT2D eigenvalue weighted by Crippen LogP contribution is 2.32. The van der Waals surface area contributed by atoms with Gasteiger partial charge in [0, 0.05) is 34.8 Å². The summed E-state index contributed by atoms with van der Waals surface area (Å²) in [6.45, 7) is 3.41. The Morgan fingerprint density at radius 2 is 1.90 bits per heavy atom. The predicted octanol–water partition coefficient (Wildman–Crippen LogP) is 5.63. The number of hydrogen-bond acceptors (Lipinski definition) is 4. The van der Waals surface area contributed by atoms with Gasteiger partial charge in [-0.25, -0.2) is 4.98 Å². The third-order valence-corrected chi connectivity index (χ3v) is 6.97. The normalized spacial score (nSPS) is 21.2. The van der Waals surface area contributed by atoms with Gasteiger partial charge in [0.25, 0.3) is 0 Å². The SMILES string of the molecule is Cc1ccc(CCC2(Cn3ccnc3)OCC(CSCc3ccc(Br)cc3)O2)cc1. The number of aromatic nitrogens is 2. The quantitative estimate of drug-likeness (QED) is 0.392. The molecule has 3 aromatic rings. The lowest BCUT2D eigenvalue weighted by Gasteiger charge is -2.28. The number of ether oxygens (including phenoxy) is 2. The summed E-state index contributed by atoms with van der Waals surface area (Å²) in [6.07, 6.45) is 7.45. The van der Waals surface area contributed by atoms with Gasteiger partial charge in [0.15, 0.2) is 5.79 Å². The first-order valence-electron chi connectivity index (χ1n) is 10.3. The van der Waals surface area contributed by atoms with Crippen LogP contribution in [0.25, 0.3) is 0 Å². The topological polar surface area (TPSA) is 36.3 Å². The lowest BCUT2D eigenvalue weighted by molar-refractivity contribution is -0.180. The summed E-state index contributed by atoms with van der Waals surface area (Å²) in [5.74, 6) is 1.30. The number of benzene rings is 2. The molecule has 0 saturated carbocycles. The van der Waals surface area contributed by atoms with Crippen molar-refractivity contribution in [2.45, 2.75) is 44.0 Å². The number of thioether (sulfide) groups is 1. The molecule has 0 amide bonds. The van der Waals surface area contributed by atoms with Gasteiger partial charge in [-0.05, 0) is 36.6 Å². The summed E-state index contributed by atoms with van der Waals surface area (Å²) < 4.78 is 16.0. The number of nitrogens with zero attached hydrogens (tertiary/aromatic N) is 2. The van der Waals surface area contributed by atoms with Gasteiger partial charge in [0.2, 0.25) is 0 Å². The fourth-order valence-electron chi connectivity index (χ4n) is 3.63. The summed E-state index contributed by atoms with van der Waals surface area (Å²) in [4.78, 5) is 4.18. The Hall–Kier alpha value is -1.60.